The summed E-state index contributed by atoms with van der Waals surface area (Å²) < 4.78 is 10.5. The highest BCUT2D eigenvalue weighted by Gasteiger charge is 2.07. The molecule has 0 aromatic heterocycles. The van der Waals surface area contributed by atoms with E-state index in [-0.39, 0.29) is 12.2 Å². The topological polar surface area (TPSA) is 38.7 Å². The van der Waals surface area contributed by atoms with Gasteiger partial charge in [-0.15, -0.1) is 0 Å². The first kappa shape index (κ1) is 11.9. The second kappa shape index (κ2) is 6.40. The zero-order valence-electron chi connectivity index (χ0n) is 8.41. The van der Waals surface area contributed by atoms with E-state index in [1.165, 1.54) is 0 Å². The molecule has 3 heteroatoms. The summed E-state index contributed by atoms with van der Waals surface area (Å²) in [6, 6.07) is 0. The standard InChI is InChI=1S/C9H20O3/c1-7(2)11-5-6-12-9(4)8(3)10/h7-10H,5-6H2,1-4H3/t8-,9?/m1/s1. The number of aliphatic hydroxyl groups is 1. The fraction of sp³-hybridized carbons (Fsp3) is 1.00. The minimum Gasteiger partial charge on any atom is -0.391 e. The lowest BCUT2D eigenvalue weighted by atomic mass is 10.3. The molecule has 0 amide bonds. The lowest BCUT2D eigenvalue weighted by Gasteiger charge is -2.16. The van der Waals surface area contributed by atoms with Gasteiger partial charge in [0.05, 0.1) is 31.5 Å². The van der Waals surface area contributed by atoms with E-state index >= 15 is 0 Å². The smallest absolute Gasteiger partial charge is 0.0804 e. The van der Waals surface area contributed by atoms with Crippen molar-refractivity contribution in [3.63, 3.8) is 0 Å². The third-order valence-electron chi connectivity index (χ3n) is 1.59. The van der Waals surface area contributed by atoms with Crippen LogP contribution in [0.25, 0.3) is 0 Å². The highest BCUT2D eigenvalue weighted by Crippen LogP contribution is 1.97. The maximum atomic E-state index is 9.06. The summed E-state index contributed by atoms with van der Waals surface area (Å²) >= 11 is 0. The summed E-state index contributed by atoms with van der Waals surface area (Å²) in [5.74, 6) is 0. The van der Waals surface area contributed by atoms with Crippen LogP contribution in [0.3, 0.4) is 0 Å². The third-order valence-corrected chi connectivity index (χ3v) is 1.59. The summed E-state index contributed by atoms with van der Waals surface area (Å²) in [5.41, 5.74) is 0. The van der Waals surface area contributed by atoms with Crippen molar-refractivity contribution in [2.24, 2.45) is 0 Å². The van der Waals surface area contributed by atoms with Crippen LogP contribution in [-0.2, 0) is 9.47 Å². The molecule has 3 nitrogen and oxygen atoms in total. The van der Waals surface area contributed by atoms with E-state index in [0.29, 0.717) is 13.2 Å². The monoisotopic (exact) mass is 176 g/mol. The molecule has 74 valence electrons. The number of hydrogen-bond donors (Lipinski definition) is 1. The number of ether oxygens (including phenoxy) is 2. The van der Waals surface area contributed by atoms with Crippen LogP contribution in [-0.4, -0.2) is 36.6 Å². The van der Waals surface area contributed by atoms with E-state index in [1.807, 2.05) is 20.8 Å². The number of hydrogen-bond acceptors (Lipinski definition) is 3. The Hall–Kier alpha value is -0.120. The molecular weight excluding hydrogens is 156 g/mol. The van der Waals surface area contributed by atoms with Crippen molar-refractivity contribution in [3.8, 4) is 0 Å². The minimum absolute atomic E-state index is 0.110. The highest BCUT2D eigenvalue weighted by atomic mass is 16.5. The summed E-state index contributed by atoms with van der Waals surface area (Å²) in [6.45, 7) is 8.67. The van der Waals surface area contributed by atoms with Gasteiger partial charge in [0.1, 0.15) is 0 Å². The zero-order chi connectivity index (χ0) is 9.56. The van der Waals surface area contributed by atoms with E-state index in [1.54, 1.807) is 6.92 Å². The molecule has 0 radical (unpaired) electrons. The van der Waals surface area contributed by atoms with Gasteiger partial charge in [-0.05, 0) is 27.7 Å². The van der Waals surface area contributed by atoms with E-state index in [0.717, 1.165) is 0 Å². The van der Waals surface area contributed by atoms with Crippen LogP contribution in [0.1, 0.15) is 27.7 Å². The van der Waals surface area contributed by atoms with Crippen LogP contribution in [0.15, 0.2) is 0 Å². The predicted octanol–water partition coefficient (Wildman–Crippen LogP) is 1.20. The predicted molar refractivity (Wildman–Crippen MR) is 48.2 cm³/mol. The zero-order valence-corrected chi connectivity index (χ0v) is 8.41. The summed E-state index contributed by atoms with van der Waals surface area (Å²) in [4.78, 5) is 0. The average Bonchev–Trinajstić information content (AvgIpc) is 1.97. The molecule has 2 atom stereocenters. The molecule has 0 aliphatic rings. The number of aliphatic hydroxyl groups excluding tert-OH is 1. The molecule has 0 aromatic rings. The van der Waals surface area contributed by atoms with Gasteiger partial charge in [-0.3, -0.25) is 0 Å². The molecule has 12 heavy (non-hydrogen) atoms. The van der Waals surface area contributed by atoms with Gasteiger partial charge in [-0.25, -0.2) is 0 Å². The Morgan fingerprint density at radius 1 is 1.00 bits per heavy atom. The van der Waals surface area contributed by atoms with Gasteiger partial charge in [0.25, 0.3) is 0 Å². The Kier molecular flexibility index (Phi) is 6.34. The highest BCUT2D eigenvalue weighted by molar-refractivity contribution is 4.56. The van der Waals surface area contributed by atoms with Crippen molar-refractivity contribution in [2.45, 2.75) is 46.0 Å². The molecule has 0 heterocycles. The van der Waals surface area contributed by atoms with Crippen molar-refractivity contribution >= 4 is 0 Å². The van der Waals surface area contributed by atoms with Gasteiger partial charge in [-0.2, -0.15) is 0 Å². The average molecular weight is 176 g/mol. The second-order valence-electron chi connectivity index (χ2n) is 3.24. The van der Waals surface area contributed by atoms with Crippen LogP contribution >= 0.6 is 0 Å². The van der Waals surface area contributed by atoms with Crippen molar-refractivity contribution in [3.05, 3.63) is 0 Å². The number of rotatable bonds is 6. The van der Waals surface area contributed by atoms with Gasteiger partial charge in [-0.1, -0.05) is 0 Å². The third kappa shape index (κ3) is 6.58. The Bertz CT molecular complexity index is 102. The molecule has 1 unspecified atom stereocenters. The minimum atomic E-state index is -0.413. The molecule has 1 N–H and O–H groups in total. The fourth-order valence-electron chi connectivity index (χ4n) is 0.657. The molecule has 0 spiro atoms. The van der Waals surface area contributed by atoms with Gasteiger partial charge in [0, 0.05) is 0 Å². The maximum Gasteiger partial charge on any atom is 0.0804 e. The molecule has 0 aliphatic carbocycles. The largest absolute Gasteiger partial charge is 0.391 e. The first-order valence-electron chi connectivity index (χ1n) is 4.45. The molecule has 0 aliphatic heterocycles. The lowest BCUT2D eigenvalue weighted by molar-refractivity contribution is -0.0487. The van der Waals surface area contributed by atoms with Gasteiger partial charge >= 0.3 is 0 Å². The van der Waals surface area contributed by atoms with Crippen LogP contribution in [0.2, 0.25) is 0 Å². The van der Waals surface area contributed by atoms with E-state index in [9.17, 15) is 0 Å². The Balaban J connectivity index is 3.20. The van der Waals surface area contributed by atoms with Crippen molar-refractivity contribution in [1.82, 2.24) is 0 Å². The van der Waals surface area contributed by atoms with Gasteiger partial charge < -0.3 is 14.6 Å². The molecule has 0 fully saturated rings. The van der Waals surface area contributed by atoms with Crippen molar-refractivity contribution in [2.75, 3.05) is 13.2 Å². The molecule has 0 aromatic carbocycles. The lowest BCUT2D eigenvalue weighted by Crippen LogP contribution is -2.24. The molecule has 0 rings (SSSR count). The van der Waals surface area contributed by atoms with Crippen LogP contribution in [0.5, 0.6) is 0 Å². The van der Waals surface area contributed by atoms with E-state index in [2.05, 4.69) is 0 Å². The summed E-state index contributed by atoms with van der Waals surface area (Å²) in [7, 11) is 0. The van der Waals surface area contributed by atoms with E-state index in [4.69, 9.17) is 14.6 Å². The quantitative estimate of drug-likeness (QED) is 0.618. The van der Waals surface area contributed by atoms with Crippen LogP contribution in [0.4, 0.5) is 0 Å². The van der Waals surface area contributed by atoms with Crippen molar-refractivity contribution in [1.29, 1.82) is 0 Å². The van der Waals surface area contributed by atoms with Crippen LogP contribution < -0.4 is 0 Å². The Morgan fingerprint density at radius 2 is 1.50 bits per heavy atom. The molecule has 0 bridgehead atoms. The second-order valence-corrected chi connectivity index (χ2v) is 3.24. The van der Waals surface area contributed by atoms with Crippen molar-refractivity contribution < 1.29 is 14.6 Å². The fourth-order valence-corrected chi connectivity index (χ4v) is 0.657. The normalized spacial score (nSPS) is 16.5. The SMILES string of the molecule is CC(C)OCCOC(C)[C@@H](C)O. The first-order chi connectivity index (χ1) is 5.54. The van der Waals surface area contributed by atoms with Gasteiger partial charge in [0.2, 0.25) is 0 Å². The van der Waals surface area contributed by atoms with Gasteiger partial charge in [0.15, 0.2) is 0 Å². The van der Waals surface area contributed by atoms with E-state index < -0.39 is 6.10 Å². The molecule has 0 saturated carbocycles. The first-order valence-corrected chi connectivity index (χ1v) is 4.45. The Morgan fingerprint density at radius 3 is 1.92 bits per heavy atom. The van der Waals surface area contributed by atoms with Crippen LogP contribution in [0, 0.1) is 0 Å². The summed E-state index contributed by atoms with van der Waals surface area (Å²) in [6.07, 6.45) is -0.278. The maximum absolute atomic E-state index is 9.06. The molecule has 0 saturated heterocycles. The summed E-state index contributed by atoms with van der Waals surface area (Å²) in [5, 5.41) is 9.06. The Labute approximate surface area is 74.7 Å². The molecular formula is C9H20O3.